The molecule has 4 aliphatic rings. The highest BCUT2D eigenvalue weighted by molar-refractivity contribution is 5.88. The number of fused-ring (bicyclic) bond motifs is 10. The number of carbonyl (C=O) groups excluding carboxylic acids is 2. The van der Waals surface area contributed by atoms with Crippen molar-refractivity contribution in [3.05, 3.63) is 71.0 Å². The molecule has 2 aromatic heterocycles. The average Bonchev–Trinajstić information content (AvgIpc) is 3.65. The molecule has 2 aromatic carbocycles. The largest absolute Gasteiger partial charge is 0.469 e. The van der Waals surface area contributed by atoms with Crippen LogP contribution in [-0.2, 0) is 31.9 Å². The lowest BCUT2D eigenvalue weighted by Gasteiger charge is -2.50. The molecule has 2 aliphatic heterocycles. The fraction of sp³-hybridized carbons (Fsp3) is 0.571. The lowest BCUT2D eigenvalue weighted by atomic mass is 9.66. The van der Waals surface area contributed by atoms with E-state index < -0.39 is 6.10 Å². The summed E-state index contributed by atoms with van der Waals surface area (Å²) in [6, 6.07) is 16.9. The molecule has 2 fully saturated rings. The molecule has 272 valence electrons. The second-order valence-corrected chi connectivity index (χ2v) is 16.0. The highest BCUT2D eigenvalue weighted by Crippen LogP contribution is 2.51. The van der Waals surface area contributed by atoms with Gasteiger partial charge in [-0.05, 0) is 86.7 Å². The quantitative estimate of drug-likeness (QED) is 0.243. The molecule has 0 spiro atoms. The first-order valence-corrected chi connectivity index (χ1v) is 19.2. The van der Waals surface area contributed by atoms with Gasteiger partial charge >= 0.3 is 11.9 Å². The van der Waals surface area contributed by atoms with Gasteiger partial charge in [0.15, 0.2) is 0 Å². The Balaban J connectivity index is 1.39. The summed E-state index contributed by atoms with van der Waals surface area (Å²) in [5.41, 5.74) is 6.68. The summed E-state index contributed by atoms with van der Waals surface area (Å²) in [6.07, 6.45) is 3.75. The van der Waals surface area contributed by atoms with Crippen LogP contribution in [0.15, 0.2) is 48.5 Å². The second-order valence-electron chi connectivity index (χ2n) is 16.0. The number of benzene rings is 2. The number of carbonyl (C=O) groups is 2. The predicted molar refractivity (Wildman–Crippen MR) is 198 cm³/mol. The zero-order valence-electron chi connectivity index (χ0n) is 31.0. The fourth-order valence-electron chi connectivity index (χ4n) is 11.4. The summed E-state index contributed by atoms with van der Waals surface area (Å²) in [6.45, 7) is 6.27. The number of hydrogen-bond donors (Lipinski definition) is 2. The molecule has 51 heavy (non-hydrogen) atoms. The van der Waals surface area contributed by atoms with Crippen molar-refractivity contribution in [2.24, 2.45) is 35.5 Å². The molecular formula is C42H54N4O5. The Bertz CT molecular complexity index is 1950. The third kappa shape index (κ3) is 5.36. The number of rotatable bonds is 5. The van der Waals surface area contributed by atoms with Crippen molar-refractivity contribution in [1.29, 1.82) is 0 Å². The van der Waals surface area contributed by atoms with Gasteiger partial charge in [0.2, 0.25) is 0 Å². The molecule has 9 heteroatoms. The van der Waals surface area contributed by atoms with Gasteiger partial charge in [0.05, 0.1) is 43.9 Å². The van der Waals surface area contributed by atoms with Crippen LogP contribution in [0.5, 0.6) is 0 Å². The number of methoxy groups -OCH3 is 2. The highest BCUT2D eigenvalue weighted by atomic mass is 16.5. The van der Waals surface area contributed by atoms with E-state index >= 15 is 0 Å². The molecule has 2 saturated heterocycles. The van der Waals surface area contributed by atoms with Crippen molar-refractivity contribution in [2.45, 2.75) is 76.6 Å². The number of piperidine rings is 2. The lowest BCUT2D eigenvalue weighted by Crippen LogP contribution is -2.56. The van der Waals surface area contributed by atoms with Crippen molar-refractivity contribution in [1.82, 2.24) is 19.4 Å². The second kappa shape index (κ2) is 13.4. The Hall–Kier alpha value is -3.66. The third-order valence-electron chi connectivity index (χ3n) is 13.8. The normalized spacial score (nSPS) is 32.7. The third-order valence-corrected chi connectivity index (χ3v) is 13.8. The van der Waals surface area contributed by atoms with Gasteiger partial charge in [-0.15, -0.1) is 0 Å². The average molecular weight is 695 g/mol. The number of ether oxygens (including phenoxy) is 2. The Labute approximate surface area is 301 Å². The van der Waals surface area contributed by atoms with E-state index in [1.54, 1.807) is 0 Å². The molecule has 0 amide bonds. The van der Waals surface area contributed by atoms with Crippen LogP contribution in [0.1, 0.15) is 74.2 Å². The Morgan fingerprint density at radius 1 is 0.784 bits per heavy atom. The van der Waals surface area contributed by atoms with Crippen molar-refractivity contribution in [3.63, 3.8) is 0 Å². The fourth-order valence-corrected chi connectivity index (χ4v) is 11.4. The molecule has 9 nitrogen and oxygen atoms in total. The maximum Gasteiger partial charge on any atom is 0.310 e. The Morgan fingerprint density at radius 2 is 1.33 bits per heavy atom. The van der Waals surface area contributed by atoms with E-state index in [0.29, 0.717) is 18.8 Å². The number of H-pyrrole nitrogens is 1. The number of aromatic amines is 1. The van der Waals surface area contributed by atoms with Gasteiger partial charge in [-0.1, -0.05) is 63.1 Å². The summed E-state index contributed by atoms with van der Waals surface area (Å²) >= 11 is 0. The smallest absolute Gasteiger partial charge is 0.310 e. The van der Waals surface area contributed by atoms with Crippen LogP contribution < -0.4 is 0 Å². The van der Waals surface area contributed by atoms with Gasteiger partial charge in [0.1, 0.15) is 0 Å². The van der Waals surface area contributed by atoms with Crippen LogP contribution in [0, 0.1) is 35.5 Å². The minimum atomic E-state index is -0.773. The molecule has 2 N–H and O–H groups in total. The highest BCUT2D eigenvalue weighted by Gasteiger charge is 2.52. The summed E-state index contributed by atoms with van der Waals surface area (Å²) in [5, 5.41) is 15.0. The van der Waals surface area contributed by atoms with E-state index in [1.807, 2.05) is 0 Å². The number of likely N-dealkylation sites (tertiary alicyclic amines) is 2. The standard InChI is InChI=1S/C42H54N4O5/c1-7-23-21-44(3)33-18-29-25-13-9-11-15-31(25)43-39(29)35(17-27(23)37(33)41(48)50-5)46-32-16-12-10-14-26(32)30-19-34-38(42(49)51-6)28(20-36(47)40(30)46)24(8-2)22-45(34)4/h9-16,23-24,27-28,33-38,43,47H,7-8,17-22H2,1-6H3. The number of aliphatic hydroxyl groups excluding tert-OH is 1. The number of aliphatic hydroxyl groups is 1. The molecule has 0 saturated carbocycles. The molecule has 4 bridgehead atoms. The summed E-state index contributed by atoms with van der Waals surface area (Å²) in [4.78, 5) is 36.2. The van der Waals surface area contributed by atoms with Crippen LogP contribution >= 0.6 is 0 Å². The SMILES string of the molecule is CCC1CN(C)C2Cc3c([nH]c4ccccc34)C(n3c4c(c5ccccc53)CC3C(C(=O)OC)C(CC4O)C(CC)CN3C)CC1C2C(=O)OC. The van der Waals surface area contributed by atoms with Gasteiger partial charge in [-0.25, -0.2) is 0 Å². The van der Waals surface area contributed by atoms with Gasteiger partial charge in [0.25, 0.3) is 0 Å². The molecule has 2 aliphatic carbocycles. The van der Waals surface area contributed by atoms with Gasteiger partial charge < -0.3 is 33.9 Å². The first-order chi connectivity index (χ1) is 24.7. The number of aromatic nitrogens is 2. The summed E-state index contributed by atoms with van der Waals surface area (Å²) in [5.74, 6) is -0.196. The van der Waals surface area contributed by atoms with E-state index in [9.17, 15) is 14.7 Å². The molecule has 10 atom stereocenters. The van der Waals surface area contributed by atoms with Crippen LogP contribution in [0.4, 0.5) is 0 Å². The van der Waals surface area contributed by atoms with Crippen molar-refractivity contribution >= 4 is 33.7 Å². The molecule has 0 radical (unpaired) electrons. The minimum absolute atomic E-state index is 0.00190. The Morgan fingerprint density at radius 3 is 1.94 bits per heavy atom. The van der Waals surface area contributed by atoms with E-state index in [0.717, 1.165) is 66.4 Å². The molecule has 10 unspecified atom stereocenters. The first kappa shape index (κ1) is 34.4. The molecule has 4 aromatic rings. The van der Waals surface area contributed by atoms with E-state index in [2.05, 4.69) is 95.8 Å². The number of esters is 2. The topological polar surface area (TPSA) is 100 Å². The number of para-hydroxylation sites is 2. The van der Waals surface area contributed by atoms with Crippen LogP contribution in [0.25, 0.3) is 21.8 Å². The zero-order valence-corrected chi connectivity index (χ0v) is 31.0. The van der Waals surface area contributed by atoms with Gasteiger partial charge in [0, 0.05) is 52.7 Å². The van der Waals surface area contributed by atoms with Crippen LogP contribution in [-0.4, -0.2) is 89.9 Å². The van der Waals surface area contributed by atoms with Crippen molar-refractivity contribution in [3.8, 4) is 0 Å². The number of nitrogens with one attached hydrogen (secondary N) is 1. The van der Waals surface area contributed by atoms with Crippen LogP contribution in [0.3, 0.4) is 0 Å². The van der Waals surface area contributed by atoms with E-state index in [4.69, 9.17) is 9.47 Å². The molecular weight excluding hydrogens is 640 g/mol. The number of hydrogen-bond acceptors (Lipinski definition) is 7. The Kier molecular flexibility index (Phi) is 9.04. The lowest BCUT2D eigenvalue weighted by molar-refractivity contribution is -0.157. The maximum absolute atomic E-state index is 13.9. The summed E-state index contributed by atoms with van der Waals surface area (Å²) in [7, 11) is 7.35. The van der Waals surface area contributed by atoms with E-state index in [1.165, 1.54) is 30.9 Å². The van der Waals surface area contributed by atoms with Gasteiger partial charge in [-0.3, -0.25) is 9.59 Å². The maximum atomic E-state index is 13.9. The number of nitrogens with zero attached hydrogens (tertiary/aromatic N) is 3. The zero-order chi connectivity index (χ0) is 35.7. The summed E-state index contributed by atoms with van der Waals surface area (Å²) < 4.78 is 13.5. The molecule has 4 heterocycles. The monoisotopic (exact) mass is 694 g/mol. The molecule has 8 rings (SSSR count). The van der Waals surface area contributed by atoms with Crippen molar-refractivity contribution in [2.75, 3.05) is 41.4 Å². The minimum Gasteiger partial charge on any atom is -0.469 e. The van der Waals surface area contributed by atoms with E-state index in [-0.39, 0.29) is 59.7 Å². The van der Waals surface area contributed by atoms with Crippen LogP contribution in [0.2, 0.25) is 0 Å². The number of likely N-dealkylation sites (N-methyl/N-ethyl adjacent to an activating group) is 2. The van der Waals surface area contributed by atoms with Crippen molar-refractivity contribution < 1.29 is 24.2 Å². The van der Waals surface area contributed by atoms with Gasteiger partial charge in [-0.2, -0.15) is 0 Å². The predicted octanol–water partition coefficient (Wildman–Crippen LogP) is 6.13. The first-order valence-electron chi connectivity index (χ1n) is 19.2.